The Balaban J connectivity index is 1.77. The lowest BCUT2D eigenvalue weighted by molar-refractivity contribution is 0.262. The molecule has 29 heavy (non-hydrogen) atoms. The van der Waals surface area contributed by atoms with Crippen LogP contribution >= 0.6 is 0 Å². The molecule has 0 aliphatic carbocycles. The van der Waals surface area contributed by atoms with Crippen LogP contribution in [0.4, 0.5) is 16.2 Å². The predicted octanol–water partition coefficient (Wildman–Crippen LogP) is 5.02. The predicted molar refractivity (Wildman–Crippen MR) is 114 cm³/mol. The second kappa shape index (κ2) is 8.36. The van der Waals surface area contributed by atoms with E-state index < -0.39 is 16.1 Å². The molecule has 0 radical (unpaired) electrons. The normalized spacial score (nSPS) is 11.0. The van der Waals surface area contributed by atoms with Gasteiger partial charge in [0.25, 0.3) is 0 Å². The quantitative estimate of drug-likeness (QED) is 0.578. The number of aryl methyl sites for hydroxylation is 3. The molecule has 3 aromatic rings. The van der Waals surface area contributed by atoms with Crippen LogP contribution in [0, 0.1) is 20.8 Å². The molecule has 0 spiro atoms. The first-order valence-corrected chi connectivity index (χ1v) is 10.4. The standard InChI is InChI=1S/C22H22N2O4S/c1-15-9-11-20(12-10-15)29(26,27)28-21-16(2)13-19(14-17(21)3)24-22(25)23-18-7-5-4-6-8-18/h4-14H,1-3H3,(H2,23,24,25). The lowest BCUT2D eigenvalue weighted by Crippen LogP contribution is -2.19. The largest absolute Gasteiger partial charge is 0.378 e. The maximum absolute atomic E-state index is 12.6. The molecule has 150 valence electrons. The molecule has 0 aromatic heterocycles. The summed E-state index contributed by atoms with van der Waals surface area (Å²) in [5, 5.41) is 5.48. The molecule has 0 unspecified atom stereocenters. The minimum atomic E-state index is -3.95. The van der Waals surface area contributed by atoms with Crippen LogP contribution < -0.4 is 14.8 Å². The second-order valence-corrected chi connectivity index (χ2v) is 8.28. The van der Waals surface area contributed by atoms with Crippen molar-refractivity contribution in [2.75, 3.05) is 10.6 Å². The molecule has 2 N–H and O–H groups in total. The molecule has 0 fully saturated rings. The first kappa shape index (κ1) is 20.4. The van der Waals surface area contributed by atoms with Crippen molar-refractivity contribution in [3.63, 3.8) is 0 Å². The zero-order valence-electron chi connectivity index (χ0n) is 16.4. The van der Waals surface area contributed by atoms with Crippen LogP contribution in [-0.2, 0) is 10.1 Å². The molecule has 0 aliphatic rings. The van der Waals surface area contributed by atoms with E-state index in [0.717, 1.165) is 5.56 Å². The molecule has 6 nitrogen and oxygen atoms in total. The van der Waals surface area contributed by atoms with Gasteiger partial charge in [-0.15, -0.1) is 0 Å². The minimum absolute atomic E-state index is 0.0892. The van der Waals surface area contributed by atoms with Crippen molar-refractivity contribution < 1.29 is 17.4 Å². The third-order valence-corrected chi connectivity index (χ3v) is 5.49. The van der Waals surface area contributed by atoms with Crippen LogP contribution in [0.1, 0.15) is 16.7 Å². The SMILES string of the molecule is Cc1ccc(S(=O)(=O)Oc2c(C)cc(NC(=O)Nc3ccccc3)cc2C)cc1. The fraction of sp³-hybridized carbons (Fsp3) is 0.136. The number of hydrogen-bond acceptors (Lipinski definition) is 4. The van der Waals surface area contributed by atoms with Gasteiger partial charge in [-0.1, -0.05) is 35.9 Å². The van der Waals surface area contributed by atoms with Crippen LogP contribution in [0.15, 0.2) is 71.6 Å². The summed E-state index contributed by atoms with van der Waals surface area (Å²) in [5.74, 6) is 0.250. The summed E-state index contributed by atoms with van der Waals surface area (Å²) in [5.41, 5.74) is 3.35. The summed E-state index contributed by atoms with van der Waals surface area (Å²) in [6.07, 6.45) is 0. The van der Waals surface area contributed by atoms with Crippen molar-refractivity contribution in [3.8, 4) is 5.75 Å². The maximum Gasteiger partial charge on any atom is 0.339 e. The van der Waals surface area contributed by atoms with Gasteiger partial charge in [0.05, 0.1) is 0 Å². The summed E-state index contributed by atoms with van der Waals surface area (Å²) in [4.78, 5) is 12.3. The van der Waals surface area contributed by atoms with Crippen molar-refractivity contribution in [1.82, 2.24) is 0 Å². The summed E-state index contributed by atoms with van der Waals surface area (Å²) in [7, 11) is -3.95. The Kier molecular flexibility index (Phi) is 5.89. The zero-order valence-corrected chi connectivity index (χ0v) is 17.2. The van der Waals surface area contributed by atoms with Gasteiger partial charge in [0.2, 0.25) is 0 Å². The number of rotatable bonds is 5. The van der Waals surface area contributed by atoms with Crippen LogP contribution in [0.25, 0.3) is 0 Å². The molecule has 0 saturated carbocycles. The second-order valence-electron chi connectivity index (χ2n) is 6.73. The Hall–Kier alpha value is -3.32. The van der Waals surface area contributed by atoms with E-state index in [1.54, 1.807) is 50.2 Å². The number of benzene rings is 3. The molecule has 0 heterocycles. The Bertz CT molecular complexity index is 1100. The number of hydrogen-bond donors (Lipinski definition) is 2. The zero-order chi connectivity index (χ0) is 21.0. The Morgan fingerprint density at radius 2 is 1.34 bits per heavy atom. The van der Waals surface area contributed by atoms with Crippen LogP contribution in [0.5, 0.6) is 5.75 Å². The molecule has 0 bridgehead atoms. The first-order valence-electron chi connectivity index (χ1n) is 9.00. The Morgan fingerprint density at radius 1 is 0.793 bits per heavy atom. The molecule has 0 aliphatic heterocycles. The van der Waals surface area contributed by atoms with E-state index in [1.807, 2.05) is 25.1 Å². The van der Waals surface area contributed by atoms with Crippen LogP contribution in [-0.4, -0.2) is 14.4 Å². The van der Waals surface area contributed by atoms with Gasteiger partial charge in [0.15, 0.2) is 0 Å². The third-order valence-electron chi connectivity index (χ3n) is 4.25. The molecule has 3 rings (SSSR count). The highest BCUT2D eigenvalue weighted by Crippen LogP contribution is 2.30. The Morgan fingerprint density at radius 3 is 1.93 bits per heavy atom. The molecule has 2 amide bonds. The van der Waals surface area contributed by atoms with Crippen molar-refractivity contribution in [2.24, 2.45) is 0 Å². The first-order chi connectivity index (χ1) is 13.7. The van der Waals surface area contributed by atoms with Gasteiger partial charge < -0.3 is 14.8 Å². The monoisotopic (exact) mass is 410 g/mol. The highest BCUT2D eigenvalue weighted by molar-refractivity contribution is 7.87. The van der Waals surface area contributed by atoms with Gasteiger partial charge >= 0.3 is 16.1 Å². The van der Waals surface area contributed by atoms with E-state index in [4.69, 9.17) is 4.18 Å². The summed E-state index contributed by atoms with van der Waals surface area (Å²) in [6, 6.07) is 18.5. The molecule has 0 atom stereocenters. The van der Waals surface area contributed by atoms with Gasteiger partial charge in [-0.3, -0.25) is 0 Å². The Labute approximate surface area is 170 Å². The average Bonchev–Trinajstić information content (AvgIpc) is 2.66. The van der Waals surface area contributed by atoms with E-state index in [2.05, 4.69) is 10.6 Å². The van der Waals surface area contributed by atoms with Gasteiger partial charge in [0.1, 0.15) is 10.6 Å². The van der Waals surface area contributed by atoms with Crippen LogP contribution in [0.3, 0.4) is 0 Å². The van der Waals surface area contributed by atoms with Crippen molar-refractivity contribution >= 4 is 27.5 Å². The van der Waals surface area contributed by atoms with E-state index in [-0.39, 0.29) is 10.6 Å². The number of amides is 2. The number of nitrogens with one attached hydrogen (secondary N) is 2. The fourth-order valence-electron chi connectivity index (χ4n) is 2.83. The van der Waals surface area contributed by atoms with Crippen LogP contribution in [0.2, 0.25) is 0 Å². The average molecular weight is 410 g/mol. The smallest absolute Gasteiger partial charge is 0.339 e. The topological polar surface area (TPSA) is 84.5 Å². The van der Waals surface area contributed by atoms with E-state index >= 15 is 0 Å². The molecule has 7 heteroatoms. The third kappa shape index (κ3) is 5.14. The number of anilines is 2. The van der Waals surface area contributed by atoms with Gasteiger partial charge in [-0.2, -0.15) is 8.42 Å². The fourth-order valence-corrected chi connectivity index (χ4v) is 3.88. The summed E-state index contributed by atoms with van der Waals surface area (Å²) in [6.45, 7) is 5.34. The van der Waals surface area contributed by atoms with Crippen molar-refractivity contribution in [3.05, 3.63) is 83.4 Å². The lowest BCUT2D eigenvalue weighted by atomic mass is 10.1. The highest BCUT2D eigenvalue weighted by Gasteiger charge is 2.19. The van der Waals surface area contributed by atoms with E-state index in [1.165, 1.54) is 12.1 Å². The van der Waals surface area contributed by atoms with E-state index in [9.17, 15) is 13.2 Å². The lowest BCUT2D eigenvalue weighted by Gasteiger charge is -2.15. The van der Waals surface area contributed by atoms with Crippen molar-refractivity contribution in [2.45, 2.75) is 25.7 Å². The number of para-hydroxylation sites is 1. The molecule has 3 aromatic carbocycles. The number of carbonyl (C=O) groups excluding carboxylic acids is 1. The molecular formula is C22H22N2O4S. The van der Waals surface area contributed by atoms with E-state index in [0.29, 0.717) is 22.5 Å². The van der Waals surface area contributed by atoms with Gasteiger partial charge in [-0.25, -0.2) is 4.79 Å². The van der Waals surface area contributed by atoms with Gasteiger partial charge in [-0.05, 0) is 68.3 Å². The minimum Gasteiger partial charge on any atom is -0.378 e. The highest BCUT2D eigenvalue weighted by atomic mass is 32.2. The summed E-state index contributed by atoms with van der Waals surface area (Å²) < 4.78 is 30.6. The summed E-state index contributed by atoms with van der Waals surface area (Å²) >= 11 is 0. The number of urea groups is 1. The maximum atomic E-state index is 12.6. The molecular weight excluding hydrogens is 388 g/mol. The van der Waals surface area contributed by atoms with Gasteiger partial charge in [0, 0.05) is 11.4 Å². The molecule has 0 saturated heterocycles. The van der Waals surface area contributed by atoms with Crippen molar-refractivity contribution in [1.29, 1.82) is 0 Å². The number of carbonyl (C=O) groups is 1.